The first-order valence-electron chi connectivity index (χ1n) is 6.32. The van der Waals surface area contributed by atoms with E-state index in [9.17, 15) is 5.11 Å². The maximum Gasteiger partial charge on any atom is 0.122 e. The quantitative estimate of drug-likeness (QED) is 0.831. The second-order valence-corrected chi connectivity index (χ2v) is 4.63. The first kappa shape index (κ1) is 12.4. The molecule has 0 bridgehead atoms. The number of aliphatic hydroxyl groups excluding tert-OH is 1. The van der Waals surface area contributed by atoms with Gasteiger partial charge >= 0.3 is 0 Å². The van der Waals surface area contributed by atoms with Crippen LogP contribution in [0.25, 0.3) is 0 Å². The standard InChI is InChI=1S/C14H21NO2/c1-3-7-15-12-8-10-5-4-6-14(17-2)11(10)9-13(12)16/h4-6,12-13,15-16H,3,7-9H2,1-2H3/t12-,13-/m0/s1. The van der Waals surface area contributed by atoms with Crippen LogP contribution in [0.3, 0.4) is 0 Å². The van der Waals surface area contributed by atoms with Gasteiger partial charge in [-0.3, -0.25) is 0 Å². The molecule has 0 saturated heterocycles. The van der Waals surface area contributed by atoms with Gasteiger partial charge in [-0.2, -0.15) is 0 Å². The van der Waals surface area contributed by atoms with Crippen LogP contribution in [0.4, 0.5) is 0 Å². The van der Waals surface area contributed by atoms with Gasteiger partial charge in [0.25, 0.3) is 0 Å². The molecular weight excluding hydrogens is 214 g/mol. The van der Waals surface area contributed by atoms with Crippen molar-refractivity contribution in [3.8, 4) is 5.75 Å². The minimum atomic E-state index is -0.314. The Balaban J connectivity index is 2.17. The molecule has 0 heterocycles. The molecule has 0 radical (unpaired) electrons. The van der Waals surface area contributed by atoms with Crippen molar-refractivity contribution in [3.63, 3.8) is 0 Å². The predicted octanol–water partition coefficient (Wildman–Crippen LogP) is 1.52. The molecule has 1 aromatic rings. The topological polar surface area (TPSA) is 41.5 Å². The van der Waals surface area contributed by atoms with Crippen LogP contribution in [0.2, 0.25) is 0 Å². The first-order chi connectivity index (χ1) is 8.26. The van der Waals surface area contributed by atoms with Crippen LogP contribution < -0.4 is 10.1 Å². The Bertz CT molecular complexity index is 378. The molecule has 2 atom stereocenters. The molecule has 2 rings (SSSR count). The van der Waals surface area contributed by atoms with Crippen LogP contribution >= 0.6 is 0 Å². The third kappa shape index (κ3) is 2.61. The predicted molar refractivity (Wildman–Crippen MR) is 68.5 cm³/mol. The number of nitrogens with one attached hydrogen (secondary N) is 1. The molecule has 1 aliphatic carbocycles. The van der Waals surface area contributed by atoms with E-state index in [0.717, 1.165) is 30.7 Å². The van der Waals surface area contributed by atoms with Gasteiger partial charge in [0, 0.05) is 12.5 Å². The molecule has 1 aliphatic rings. The van der Waals surface area contributed by atoms with E-state index < -0.39 is 0 Å². The van der Waals surface area contributed by atoms with E-state index in [1.165, 1.54) is 5.56 Å². The fourth-order valence-electron chi connectivity index (χ4n) is 2.49. The summed E-state index contributed by atoms with van der Waals surface area (Å²) < 4.78 is 5.35. The van der Waals surface area contributed by atoms with E-state index in [4.69, 9.17) is 4.74 Å². The van der Waals surface area contributed by atoms with Gasteiger partial charge in [-0.05, 0) is 36.6 Å². The van der Waals surface area contributed by atoms with Crippen molar-refractivity contribution in [1.82, 2.24) is 5.32 Å². The number of benzene rings is 1. The van der Waals surface area contributed by atoms with Crippen molar-refractivity contribution in [3.05, 3.63) is 29.3 Å². The molecule has 2 N–H and O–H groups in total. The molecule has 94 valence electrons. The summed E-state index contributed by atoms with van der Waals surface area (Å²) in [6, 6.07) is 6.29. The Hall–Kier alpha value is -1.06. The Morgan fingerprint density at radius 2 is 2.24 bits per heavy atom. The number of hydrogen-bond donors (Lipinski definition) is 2. The zero-order valence-corrected chi connectivity index (χ0v) is 10.6. The fourth-order valence-corrected chi connectivity index (χ4v) is 2.49. The fraction of sp³-hybridized carbons (Fsp3) is 0.571. The Morgan fingerprint density at radius 3 is 2.94 bits per heavy atom. The summed E-state index contributed by atoms with van der Waals surface area (Å²) in [4.78, 5) is 0. The molecule has 0 amide bonds. The van der Waals surface area contributed by atoms with Crippen LogP contribution in [0.5, 0.6) is 5.75 Å². The third-order valence-electron chi connectivity index (χ3n) is 3.42. The van der Waals surface area contributed by atoms with E-state index >= 15 is 0 Å². The normalized spacial score (nSPS) is 23.2. The van der Waals surface area contributed by atoms with Crippen LogP contribution in [0.15, 0.2) is 18.2 Å². The minimum absolute atomic E-state index is 0.176. The van der Waals surface area contributed by atoms with Gasteiger partial charge in [0.15, 0.2) is 0 Å². The van der Waals surface area contributed by atoms with Gasteiger partial charge in [0.2, 0.25) is 0 Å². The average molecular weight is 235 g/mol. The summed E-state index contributed by atoms with van der Waals surface area (Å²) in [5.41, 5.74) is 2.46. The summed E-state index contributed by atoms with van der Waals surface area (Å²) in [5, 5.41) is 13.6. The lowest BCUT2D eigenvalue weighted by Gasteiger charge is -2.31. The van der Waals surface area contributed by atoms with Crippen LogP contribution in [-0.4, -0.2) is 30.9 Å². The molecule has 1 aromatic carbocycles. The van der Waals surface area contributed by atoms with Crippen molar-refractivity contribution < 1.29 is 9.84 Å². The van der Waals surface area contributed by atoms with Crippen molar-refractivity contribution in [2.75, 3.05) is 13.7 Å². The SMILES string of the molecule is CCCN[C@H]1Cc2cccc(OC)c2C[C@@H]1O. The third-order valence-corrected chi connectivity index (χ3v) is 3.42. The highest BCUT2D eigenvalue weighted by Gasteiger charge is 2.28. The average Bonchev–Trinajstić information content (AvgIpc) is 2.35. The molecule has 3 heteroatoms. The van der Waals surface area contributed by atoms with Gasteiger partial charge in [-0.1, -0.05) is 19.1 Å². The largest absolute Gasteiger partial charge is 0.496 e. The highest BCUT2D eigenvalue weighted by molar-refractivity contribution is 5.43. The summed E-state index contributed by atoms with van der Waals surface area (Å²) in [7, 11) is 1.68. The van der Waals surface area contributed by atoms with E-state index in [1.54, 1.807) is 7.11 Å². The van der Waals surface area contributed by atoms with Crippen LogP contribution in [0.1, 0.15) is 24.5 Å². The summed E-state index contributed by atoms with van der Waals surface area (Å²) in [6.07, 6.45) is 2.34. The highest BCUT2D eigenvalue weighted by atomic mass is 16.5. The molecule has 3 nitrogen and oxygen atoms in total. The maximum absolute atomic E-state index is 10.1. The lowest BCUT2D eigenvalue weighted by molar-refractivity contribution is 0.118. The smallest absolute Gasteiger partial charge is 0.122 e. The monoisotopic (exact) mass is 235 g/mol. The number of rotatable bonds is 4. The first-order valence-corrected chi connectivity index (χ1v) is 6.32. The van der Waals surface area contributed by atoms with Gasteiger partial charge in [0.1, 0.15) is 5.75 Å². The molecule has 0 aromatic heterocycles. The van der Waals surface area contributed by atoms with E-state index in [0.29, 0.717) is 6.42 Å². The van der Waals surface area contributed by atoms with Gasteiger partial charge < -0.3 is 15.2 Å². The highest BCUT2D eigenvalue weighted by Crippen LogP contribution is 2.29. The Kier molecular flexibility index (Phi) is 4.02. The van der Waals surface area contributed by atoms with Crippen LogP contribution in [0, 0.1) is 0 Å². The second-order valence-electron chi connectivity index (χ2n) is 4.63. The molecule has 0 unspecified atom stereocenters. The number of hydrogen-bond acceptors (Lipinski definition) is 3. The minimum Gasteiger partial charge on any atom is -0.496 e. The number of fused-ring (bicyclic) bond motifs is 1. The molecule has 17 heavy (non-hydrogen) atoms. The van der Waals surface area contributed by atoms with E-state index in [1.807, 2.05) is 12.1 Å². The van der Waals surface area contributed by atoms with Crippen LogP contribution in [-0.2, 0) is 12.8 Å². The zero-order valence-electron chi connectivity index (χ0n) is 10.6. The number of ether oxygens (including phenoxy) is 1. The van der Waals surface area contributed by atoms with Crippen molar-refractivity contribution in [1.29, 1.82) is 0 Å². The Labute approximate surface area is 103 Å². The van der Waals surface area contributed by atoms with Crippen molar-refractivity contribution in [2.45, 2.75) is 38.3 Å². The lowest BCUT2D eigenvalue weighted by atomic mass is 9.85. The summed E-state index contributed by atoms with van der Waals surface area (Å²) in [5.74, 6) is 0.899. The van der Waals surface area contributed by atoms with E-state index in [2.05, 4.69) is 18.3 Å². The van der Waals surface area contributed by atoms with E-state index in [-0.39, 0.29) is 12.1 Å². The van der Waals surface area contributed by atoms with Gasteiger partial charge in [-0.15, -0.1) is 0 Å². The summed E-state index contributed by atoms with van der Waals surface area (Å²) in [6.45, 7) is 3.10. The number of methoxy groups -OCH3 is 1. The molecule has 0 fully saturated rings. The molecule has 0 spiro atoms. The van der Waals surface area contributed by atoms with Crippen molar-refractivity contribution in [2.24, 2.45) is 0 Å². The van der Waals surface area contributed by atoms with Crippen molar-refractivity contribution >= 4 is 0 Å². The Morgan fingerprint density at radius 1 is 1.41 bits per heavy atom. The van der Waals surface area contributed by atoms with Gasteiger partial charge in [0.05, 0.1) is 13.2 Å². The maximum atomic E-state index is 10.1. The second kappa shape index (κ2) is 5.52. The molecule has 0 aliphatic heterocycles. The zero-order chi connectivity index (χ0) is 12.3. The summed E-state index contributed by atoms with van der Waals surface area (Å²) >= 11 is 0. The lowest BCUT2D eigenvalue weighted by Crippen LogP contribution is -2.45. The van der Waals surface area contributed by atoms with Gasteiger partial charge in [-0.25, -0.2) is 0 Å². The molecular formula is C14H21NO2. The molecule has 0 saturated carbocycles. The number of aliphatic hydroxyl groups is 1.